The molecule has 3 saturated carbocycles. The summed E-state index contributed by atoms with van der Waals surface area (Å²) in [7, 11) is 0. The van der Waals surface area contributed by atoms with Crippen LogP contribution in [0.2, 0.25) is 5.02 Å². The van der Waals surface area contributed by atoms with Gasteiger partial charge in [-0.25, -0.2) is 0 Å². The lowest BCUT2D eigenvalue weighted by Crippen LogP contribution is -2.55. The number of carbonyl (C=O) groups is 1. The molecule has 1 amide bonds. The molecule has 1 saturated heterocycles. The highest BCUT2D eigenvalue weighted by molar-refractivity contribution is 6.30. The van der Waals surface area contributed by atoms with E-state index in [0.29, 0.717) is 23.4 Å². The Morgan fingerprint density at radius 2 is 2.14 bits per heavy atom. The Balaban J connectivity index is 1.38. The van der Waals surface area contributed by atoms with E-state index in [0.717, 1.165) is 24.5 Å². The van der Waals surface area contributed by atoms with Gasteiger partial charge in [-0.1, -0.05) is 23.7 Å². The molecule has 21 heavy (non-hydrogen) atoms. The molecule has 112 valence electrons. The summed E-state index contributed by atoms with van der Waals surface area (Å²) in [6.45, 7) is 1.29. The maximum absolute atomic E-state index is 12.2. The topological polar surface area (TPSA) is 38.3 Å². The van der Waals surface area contributed by atoms with E-state index >= 15 is 0 Å². The third kappa shape index (κ3) is 2.27. The maximum atomic E-state index is 12.2. The second-order valence-electron chi connectivity index (χ2n) is 7.04. The molecule has 3 aliphatic carbocycles. The molecule has 2 bridgehead atoms. The molecule has 0 aromatic heterocycles. The Morgan fingerprint density at radius 1 is 1.38 bits per heavy atom. The summed E-state index contributed by atoms with van der Waals surface area (Å²) in [6, 6.07) is 7.76. The molecule has 3 nitrogen and oxygen atoms in total. The normalized spacial score (nSPS) is 36.1. The molecule has 1 aromatic carbocycles. The molecule has 1 aliphatic heterocycles. The number of amides is 1. The lowest BCUT2D eigenvalue weighted by Gasteiger charge is -2.61. The minimum atomic E-state index is -0.375. The largest absolute Gasteiger partial charge is 0.368 e. The van der Waals surface area contributed by atoms with Crippen LogP contribution in [0.1, 0.15) is 37.7 Å². The third-order valence-electron chi connectivity index (χ3n) is 5.51. The van der Waals surface area contributed by atoms with Gasteiger partial charge in [-0.05, 0) is 48.3 Å². The van der Waals surface area contributed by atoms with Crippen molar-refractivity contribution in [2.24, 2.45) is 11.3 Å². The molecule has 1 atom stereocenters. The van der Waals surface area contributed by atoms with E-state index in [1.807, 2.05) is 24.3 Å². The minimum Gasteiger partial charge on any atom is -0.368 e. The van der Waals surface area contributed by atoms with E-state index in [1.54, 1.807) is 0 Å². The zero-order valence-electron chi connectivity index (χ0n) is 12.0. The molecule has 1 heterocycles. The van der Waals surface area contributed by atoms with E-state index < -0.39 is 0 Å². The summed E-state index contributed by atoms with van der Waals surface area (Å²) in [4.78, 5) is 12.2. The van der Waals surface area contributed by atoms with Gasteiger partial charge in [0, 0.05) is 17.9 Å². The molecular formula is C17H20ClNO2. The second-order valence-corrected chi connectivity index (χ2v) is 7.47. The summed E-state index contributed by atoms with van der Waals surface area (Å²) < 4.78 is 5.82. The number of carbonyl (C=O) groups excluding carboxylic acids is 1. The van der Waals surface area contributed by atoms with E-state index in [-0.39, 0.29) is 11.5 Å². The standard InChI is InChI=1S/C17H20ClNO2/c18-14-3-1-2-13(6-14)17(4-5-21-17)11-19-15(20)10-16-7-12(8-16)9-16/h1-3,6,12H,4-5,7-11H2,(H,19,20). The average molecular weight is 306 g/mol. The van der Waals surface area contributed by atoms with Crippen LogP contribution >= 0.6 is 11.6 Å². The fourth-order valence-corrected chi connectivity index (χ4v) is 4.30. The van der Waals surface area contributed by atoms with Crippen molar-refractivity contribution in [2.75, 3.05) is 13.2 Å². The van der Waals surface area contributed by atoms with Gasteiger partial charge in [-0.2, -0.15) is 0 Å². The number of rotatable bonds is 5. The lowest BCUT2D eigenvalue weighted by molar-refractivity contribution is -0.160. The van der Waals surface area contributed by atoms with Crippen LogP contribution in [0.4, 0.5) is 0 Å². The second kappa shape index (κ2) is 4.72. The number of benzene rings is 1. The van der Waals surface area contributed by atoms with Crippen molar-refractivity contribution >= 4 is 17.5 Å². The van der Waals surface area contributed by atoms with Crippen molar-refractivity contribution in [3.05, 3.63) is 34.9 Å². The Bertz CT molecular complexity index is 565. The first kappa shape index (κ1) is 13.6. The summed E-state index contributed by atoms with van der Waals surface area (Å²) in [5, 5.41) is 3.80. The average Bonchev–Trinajstić information content (AvgIpc) is 2.31. The van der Waals surface area contributed by atoms with E-state index in [4.69, 9.17) is 16.3 Å². The Labute approximate surface area is 130 Å². The van der Waals surface area contributed by atoms with Crippen molar-refractivity contribution in [1.82, 2.24) is 5.32 Å². The van der Waals surface area contributed by atoms with Gasteiger partial charge in [0.2, 0.25) is 5.91 Å². The summed E-state index contributed by atoms with van der Waals surface area (Å²) in [5.41, 5.74) is 1.05. The van der Waals surface area contributed by atoms with Gasteiger partial charge in [-0.3, -0.25) is 4.79 Å². The van der Waals surface area contributed by atoms with E-state index in [2.05, 4.69) is 5.32 Å². The molecular weight excluding hydrogens is 286 g/mol. The Hall–Kier alpha value is -1.06. The van der Waals surface area contributed by atoms with Gasteiger partial charge in [0.25, 0.3) is 0 Å². The fourth-order valence-electron chi connectivity index (χ4n) is 4.11. The van der Waals surface area contributed by atoms with E-state index in [9.17, 15) is 4.79 Å². The molecule has 4 aliphatic rings. The van der Waals surface area contributed by atoms with Gasteiger partial charge < -0.3 is 10.1 Å². The quantitative estimate of drug-likeness (QED) is 0.907. The smallest absolute Gasteiger partial charge is 0.220 e. The first-order valence-electron chi connectivity index (χ1n) is 7.76. The van der Waals surface area contributed by atoms with Crippen LogP contribution in [0.25, 0.3) is 0 Å². The van der Waals surface area contributed by atoms with Crippen molar-refractivity contribution in [3.8, 4) is 0 Å². The van der Waals surface area contributed by atoms with Crippen molar-refractivity contribution < 1.29 is 9.53 Å². The van der Waals surface area contributed by atoms with Gasteiger partial charge in [0.15, 0.2) is 0 Å². The summed E-state index contributed by atoms with van der Waals surface area (Å²) in [5.74, 6) is 1.09. The summed E-state index contributed by atoms with van der Waals surface area (Å²) in [6.07, 6.45) is 5.40. The monoisotopic (exact) mass is 305 g/mol. The fraction of sp³-hybridized carbons (Fsp3) is 0.588. The molecule has 1 N–H and O–H groups in total. The predicted molar refractivity (Wildman–Crippen MR) is 81.1 cm³/mol. The molecule has 1 aromatic rings. The van der Waals surface area contributed by atoms with Gasteiger partial charge >= 0.3 is 0 Å². The maximum Gasteiger partial charge on any atom is 0.220 e. The molecule has 5 rings (SSSR count). The van der Waals surface area contributed by atoms with Crippen LogP contribution in [0.15, 0.2) is 24.3 Å². The van der Waals surface area contributed by atoms with Crippen molar-refractivity contribution in [1.29, 1.82) is 0 Å². The highest BCUT2D eigenvalue weighted by atomic mass is 35.5. The number of ether oxygens (including phenoxy) is 1. The highest BCUT2D eigenvalue weighted by Crippen LogP contribution is 2.66. The minimum absolute atomic E-state index is 0.171. The van der Waals surface area contributed by atoms with Crippen LogP contribution in [0.5, 0.6) is 0 Å². The van der Waals surface area contributed by atoms with Gasteiger partial charge in [-0.15, -0.1) is 0 Å². The van der Waals surface area contributed by atoms with Gasteiger partial charge in [0.05, 0.1) is 13.2 Å². The van der Waals surface area contributed by atoms with Crippen LogP contribution in [0, 0.1) is 11.3 Å². The Morgan fingerprint density at radius 3 is 2.67 bits per heavy atom. The predicted octanol–water partition coefficient (Wildman–Crippen LogP) is 3.26. The summed E-state index contributed by atoms with van der Waals surface area (Å²) >= 11 is 6.07. The molecule has 4 fully saturated rings. The number of halogens is 1. The number of nitrogens with one attached hydrogen (secondary N) is 1. The first-order valence-corrected chi connectivity index (χ1v) is 8.14. The van der Waals surface area contributed by atoms with Crippen LogP contribution in [-0.4, -0.2) is 19.1 Å². The lowest BCUT2D eigenvalue weighted by atomic mass is 9.43. The Kier molecular flexibility index (Phi) is 3.05. The molecule has 1 unspecified atom stereocenters. The van der Waals surface area contributed by atoms with Crippen molar-refractivity contribution in [2.45, 2.75) is 37.7 Å². The number of hydrogen-bond acceptors (Lipinski definition) is 2. The molecule has 0 spiro atoms. The van der Waals surface area contributed by atoms with E-state index in [1.165, 1.54) is 19.3 Å². The zero-order valence-corrected chi connectivity index (χ0v) is 12.8. The zero-order chi connectivity index (χ0) is 14.5. The number of hydrogen-bond donors (Lipinski definition) is 1. The highest BCUT2D eigenvalue weighted by Gasteiger charge is 2.57. The van der Waals surface area contributed by atoms with Crippen molar-refractivity contribution in [3.63, 3.8) is 0 Å². The van der Waals surface area contributed by atoms with Gasteiger partial charge in [0.1, 0.15) is 5.60 Å². The first-order chi connectivity index (χ1) is 10.1. The molecule has 4 heteroatoms. The third-order valence-corrected chi connectivity index (χ3v) is 5.74. The van der Waals surface area contributed by atoms with Crippen LogP contribution in [-0.2, 0) is 15.1 Å². The van der Waals surface area contributed by atoms with Crippen LogP contribution in [0.3, 0.4) is 0 Å². The van der Waals surface area contributed by atoms with Crippen LogP contribution < -0.4 is 5.32 Å². The molecule has 0 radical (unpaired) electrons. The SMILES string of the molecule is O=C(CC12CC(C1)C2)NCC1(c2cccc(Cl)c2)CCO1.